The Morgan fingerprint density at radius 1 is 1.41 bits per heavy atom. The second kappa shape index (κ2) is 9.42. The number of nitrogens with zero attached hydrogens (tertiary/aromatic N) is 2. The molecule has 1 N–H and O–H groups in total. The molecule has 8 heteroatoms. The van der Waals surface area contributed by atoms with Crippen molar-refractivity contribution in [3.8, 4) is 0 Å². The van der Waals surface area contributed by atoms with E-state index in [4.69, 9.17) is 4.98 Å². The largest absolute Gasteiger partial charge is 0.325 e. The molecule has 1 aliphatic carbocycles. The van der Waals surface area contributed by atoms with Crippen molar-refractivity contribution in [3.05, 3.63) is 63.3 Å². The van der Waals surface area contributed by atoms with Gasteiger partial charge in [-0.25, -0.2) is 4.98 Å². The molecule has 32 heavy (non-hydrogen) atoms. The zero-order valence-electron chi connectivity index (χ0n) is 18.1. The van der Waals surface area contributed by atoms with Gasteiger partial charge in [-0.15, -0.1) is 17.9 Å². The number of benzene rings is 1. The molecule has 166 valence electrons. The highest BCUT2D eigenvalue weighted by molar-refractivity contribution is 7.99. The van der Waals surface area contributed by atoms with Gasteiger partial charge >= 0.3 is 0 Å². The minimum atomic E-state index is -0.227. The standard InChI is InChI=1S/C24H25N3O3S2/c1-4-10-27-23(30)21-18-9-8-14(2)11-19(18)32-22(21)26-24(27)31-13-20(29)25-17-7-5-6-16(12-17)15(3)28/h4-7,12,14H,1,8-11,13H2,2-3H3,(H,25,29). The summed E-state index contributed by atoms with van der Waals surface area (Å²) in [4.78, 5) is 44.2. The molecule has 1 amide bonds. The minimum Gasteiger partial charge on any atom is -0.325 e. The number of aryl methyl sites for hydroxylation is 1. The number of nitrogens with one attached hydrogen (secondary N) is 1. The van der Waals surface area contributed by atoms with E-state index in [-0.39, 0.29) is 23.0 Å². The number of carbonyl (C=O) groups is 2. The van der Waals surface area contributed by atoms with Crippen molar-refractivity contribution in [2.24, 2.45) is 5.92 Å². The Hall–Kier alpha value is -2.71. The number of thiophene rings is 1. The van der Waals surface area contributed by atoms with E-state index in [1.54, 1.807) is 46.2 Å². The summed E-state index contributed by atoms with van der Waals surface area (Å²) >= 11 is 2.84. The van der Waals surface area contributed by atoms with Gasteiger partial charge in [0, 0.05) is 22.7 Å². The third kappa shape index (κ3) is 4.56. The van der Waals surface area contributed by atoms with Crippen LogP contribution in [0.3, 0.4) is 0 Å². The molecular weight excluding hydrogens is 442 g/mol. The Kier molecular flexibility index (Phi) is 6.62. The van der Waals surface area contributed by atoms with Crippen LogP contribution >= 0.6 is 23.1 Å². The number of carbonyl (C=O) groups excluding carboxylic acids is 2. The fourth-order valence-electron chi connectivity index (χ4n) is 3.95. The molecule has 1 atom stereocenters. The van der Waals surface area contributed by atoms with Crippen LogP contribution in [0.4, 0.5) is 5.69 Å². The Morgan fingerprint density at radius 2 is 2.22 bits per heavy atom. The molecule has 4 rings (SSSR count). The predicted molar refractivity (Wildman–Crippen MR) is 131 cm³/mol. The molecule has 0 saturated carbocycles. The van der Waals surface area contributed by atoms with Crippen molar-refractivity contribution in [1.29, 1.82) is 0 Å². The van der Waals surface area contributed by atoms with Crippen LogP contribution < -0.4 is 10.9 Å². The highest BCUT2D eigenvalue weighted by Gasteiger charge is 2.24. The molecular formula is C24H25N3O3S2. The number of hydrogen-bond acceptors (Lipinski definition) is 6. The van der Waals surface area contributed by atoms with E-state index >= 15 is 0 Å². The van der Waals surface area contributed by atoms with Crippen LogP contribution in [0.5, 0.6) is 0 Å². The number of fused-ring (bicyclic) bond motifs is 3. The van der Waals surface area contributed by atoms with E-state index in [1.165, 1.54) is 23.6 Å². The lowest BCUT2D eigenvalue weighted by Crippen LogP contribution is -2.24. The van der Waals surface area contributed by atoms with Gasteiger partial charge in [-0.2, -0.15) is 0 Å². The van der Waals surface area contributed by atoms with Gasteiger partial charge in [0.15, 0.2) is 10.9 Å². The van der Waals surface area contributed by atoms with Crippen molar-refractivity contribution in [3.63, 3.8) is 0 Å². The molecule has 0 saturated heterocycles. The fourth-order valence-corrected chi connectivity index (χ4v) is 6.18. The lowest BCUT2D eigenvalue weighted by molar-refractivity contribution is -0.113. The molecule has 1 unspecified atom stereocenters. The zero-order valence-corrected chi connectivity index (χ0v) is 19.8. The summed E-state index contributed by atoms with van der Waals surface area (Å²) < 4.78 is 1.61. The van der Waals surface area contributed by atoms with E-state index in [1.807, 2.05) is 0 Å². The van der Waals surface area contributed by atoms with E-state index in [0.29, 0.717) is 28.9 Å². The van der Waals surface area contributed by atoms with Gasteiger partial charge in [-0.3, -0.25) is 19.0 Å². The maximum atomic E-state index is 13.3. The molecule has 0 spiro atoms. The van der Waals surface area contributed by atoms with E-state index in [0.717, 1.165) is 35.0 Å². The monoisotopic (exact) mass is 467 g/mol. The van der Waals surface area contributed by atoms with Gasteiger partial charge in [0.1, 0.15) is 4.83 Å². The first kappa shape index (κ1) is 22.5. The summed E-state index contributed by atoms with van der Waals surface area (Å²) in [5, 5.41) is 4.06. The van der Waals surface area contributed by atoms with Gasteiger partial charge in [0.05, 0.1) is 11.1 Å². The summed E-state index contributed by atoms with van der Waals surface area (Å²) in [7, 11) is 0. The van der Waals surface area contributed by atoms with Crippen LogP contribution in [0.25, 0.3) is 10.2 Å². The third-order valence-corrected chi connectivity index (χ3v) is 7.70. The number of thioether (sulfide) groups is 1. The van der Waals surface area contributed by atoms with Crippen molar-refractivity contribution in [1.82, 2.24) is 9.55 Å². The van der Waals surface area contributed by atoms with Crippen molar-refractivity contribution in [2.45, 2.75) is 44.8 Å². The van der Waals surface area contributed by atoms with Gasteiger partial charge in [-0.1, -0.05) is 36.9 Å². The van der Waals surface area contributed by atoms with Crippen molar-refractivity contribution >= 4 is 50.7 Å². The lowest BCUT2D eigenvalue weighted by Gasteiger charge is -2.17. The summed E-state index contributed by atoms with van der Waals surface area (Å²) in [5.41, 5.74) is 2.20. The number of allylic oxidation sites excluding steroid dienone is 1. The number of aromatic nitrogens is 2. The topological polar surface area (TPSA) is 81.1 Å². The quantitative estimate of drug-likeness (QED) is 0.236. The second-order valence-corrected chi connectivity index (χ2v) is 10.1. The highest BCUT2D eigenvalue weighted by atomic mass is 32.2. The number of Topliss-reactive ketones (excluding diaryl/α,β-unsaturated/α-hetero) is 1. The molecule has 0 radical (unpaired) electrons. The molecule has 6 nitrogen and oxygen atoms in total. The van der Waals surface area contributed by atoms with Gasteiger partial charge in [-0.05, 0) is 49.8 Å². The van der Waals surface area contributed by atoms with Crippen molar-refractivity contribution < 1.29 is 9.59 Å². The fraction of sp³-hybridized carbons (Fsp3) is 0.333. The van der Waals surface area contributed by atoms with E-state index < -0.39 is 0 Å². The van der Waals surface area contributed by atoms with Crippen LogP contribution in [0.1, 0.15) is 41.1 Å². The molecule has 1 aromatic carbocycles. The van der Waals surface area contributed by atoms with E-state index in [9.17, 15) is 14.4 Å². The van der Waals surface area contributed by atoms with Crippen LogP contribution in [-0.4, -0.2) is 27.0 Å². The number of amides is 1. The SMILES string of the molecule is C=CCn1c(SCC(=O)Nc2cccc(C(C)=O)c2)nc2sc3c(c2c1=O)CCC(C)C3. The van der Waals surface area contributed by atoms with E-state index in [2.05, 4.69) is 18.8 Å². The summed E-state index contributed by atoms with van der Waals surface area (Å²) in [5.74, 6) is 0.426. The summed E-state index contributed by atoms with van der Waals surface area (Å²) in [6, 6.07) is 6.83. The molecule has 2 heterocycles. The molecule has 3 aromatic rings. The summed E-state index contributed by atoms with van der Waals surface area (Å²) in [6.07, 6.45) is 4.66. The van der Waals surface area contributed by atoms with Crippen LogP contribution in [0, 0.1) is 5.92 Å². The first-order chi connectivity index (χ1) is 15.4. The van der Waals surface area contributed by atoms with Crippen molar-refractivity contribution in [2.75, 3.05) is 11.1 Å². The molecule has 2 aromatic heterocycles. The lowest BCUT2D eigenvalue weighted by atomic mass is 9.89. The second-order valence-electron chi connectivity index (χ2n) is 8.10. The van der Waals surface area contributed by atoms with Crippen LogP contribution in [0.2, 0.25) is 0 Å². The Bertz CT molecular complexity index is 1280. The van der Waals surface area contributed by atoms with Crippen LogP contribution in [0.15, 0.2) is 46.9 Å². The Labute approximate surface area is 194 Å². The number of anilines is 1. The normalized spacial score (nSPS) is 15.4. The first-order valence-electron chi connectivity index (χ1n) is 10.6. The Morgan fingerprint density at radius 3 is 2.97 bits per heavy atom. The zero-order chi connectivity index (χ0) is 22.8. The molecule has 1 aliphatic rings. The number of hydrogen-bond donors (Lipinski definition) is 1. The minimum absolute atomic E-state index is 0.0565. The maximum absolute atomic E-state index is 13.3. The summed E-state index contributed by atoms with van der Waals surface area (Å²) in [6.45, 7) is 7.84. The predicted octanol–water partition coefficient (Wildman–Crippen LogP) is 4.70. The van der Waals surface area contributed by atoms with Gasteiger partial charge in [0.2, 0.25) is 5.91 Å². The van der Waals surface area contributed by atoms with Gasteiger partial charge < -0.3 is 5.32 Å². The average Bonchev–Trinajstić information content (AvgIpc) is 3.12. The molecule has 0 fully saturated rings. The smallest absolute Gasteiger partial charge is 0.263 e. The molecule has 0 aliphatic heterocycles. The Balaban J connectivity index is 1.58. The van der Waals surface area contributed by atoms with Crippen LogP contribution in [-0.2, 0) is 24.2 Å². The average molecular weight is 468 g/mol. The molecule has 0 bridgehead atoms. The third-order valence-electron chi connectivity index (χ3n) is 5.58. The maximum Gasteiger partial charge on any atom is 0.263 e. The highest BCUT2D eigenvalue weighted by Crippen LogP contribution is 2.36. The first-order valence-corrected chi connectivity index (χ1v) is 12.4. The number of ketones is 1. The number of rotatable bonds is 7. The van der Waals surface area contributed by atoms with Gasteiger partial charge in [0.25, 0.3) is 5.56 Å².